The fourth-order valence-electron chi connectivity index (χ4n) is 2.05. The monoisotopic (exact) mass is 243 g/mol. The van der Waals surface area contributed by atoms with E-state index in [0.717, 1.165) is 22.6 Å². The quantitative estimate of drug-likeness (QED) is 0.898. The molecule has 4 heteroatoms. The van der Waals surface area contributed by atoms with Crippen LogP contribution in [0.25, 0.3) is 11.3 Å². The molecule has 0 saturated carbocycles. The van der Waals surface area contributed by atoms with Crippen molar-refractivity contribution in [3.05, 3.63) is 41.3 Å². The number of nitrogens with zero attached hydrogens (tertiary/aromatic N) is 2. The molecule has 0 saturated heterocycles. The Kier molecular flexibility index (Phi) is 3.58. The molecule has 0 unspecified atom stereocenters. The largest absolute Gasteiger partial charge is 0.496 e. The van der Waals surface area contributed by atoms with Crippen molar-refractivity contribution < 1.29 is 4.74 Å². The predicted molar refractivity (Wildman–Crippen MR) is 71.4 cm³/mol. The van der Waals surface area contributed by atoms with Crippen LogP contribution < -0.4 is 10.5 Å². The second-order valence-corrected chi connectivity index (χ2v) is 4.22. The van der Waals surface area contributed by atoms with Gasteiger partial charge in [-0.25, -0.2) is 9.97 Å². The Bertz CT molecular complexity index is 567. The molecule has 0 radical (unpaired) electrons. The van der Waals surface area contributed by atoms with Gasteiger partial charge in [-0.05, 0) is 37.1 Å². The standard InChI is InChI=1S/C14H17N3O/c1-9-6-10(2)14(12(7-9)18-3)11-4-5-16-13(8-15)17-11/h4-7H,8,15H2,1-3H3. The predicted octanol–water partition coefficient (Wildman–Crippen LogP) is 2.23. The number of methoxy groups -OCH3 is 1. The third kappa shape index (κ3) is 2.33. The van der Waals surface area contributed by atoms with Crippen molar-refractivity contribution in [2.75, 3.05) is 7.11 Å². The zero-order valence-corrected chi connectivity index (χ0v) is 10.9. The number of nitrogens with two attached hydrogens (primary N) is 1. The summed E-state index contributed by atoms with van der Waals surface area (Å²) in [6.07, 6.45) is 1.73. The average molecular weight is 243 g/mol. The van der Waals surface area contributed by atoms with E-state index in [4.69, 9.17) is 10.5 Å². The Morgan fingerprint density at radius 3 is 2.72 bits per heavy atom. The van der Waals surface area contributed by atoms with E-state index in [0.29, 0.717) is 12.4 Å². The maximum atomic E-state index is 5.57. The molecule has 0 bridgehead atoms. The second kappa shape index (κ2) is 5.14. The van der Waals surface area contributed by atoms with Gasteiger partial charge < -0.3 is 10.5 Å². The molecule has 1 heterocycles. The number of hydrogen-bond acceptors (Lipinski definition) is 4. The number of benzene rings is 1. The Hall–Kier alpha value is -1.94. The minimum Gasteiger partial charge on any atom is -0.496 e. The van der Waals surface area contributed by atoms with Crippen LogP contribution in [-0.4, -0.2) is 17.1 Å². The molecule has 2 N–H and O–H groups in total. The van der Waals surface area contributed by atoms with Gasteiger partial charge in [-0.15, -0.1) is 0 Å². The molecule has 0 aliphatic rings. The summed E-state index contributed by atoms with van der Waals surface area (Å²) in [5.74, 6) is 1.46. The lowest BCUT2D eigenvalue weighted by atomic mass is 10.0. The van der Waals surface area contributed by atoms with E-state index in [2.05, 4.69) is 23.0 Å². The van der Waals surface area contributed by atoms with Crippen molar-refractivity contribution in [3.8, 4) is 17.0 Å². The molecule has 0 fully saturated rings. The summed E-state index contributed by atoms with van der Waals surface area (Å²) < 4.78 is 5.44. The molecule has 1 aromatic heterocycles. The summed E-state index contributed by atoms with van der Waals surface area (Å²) in [5, 5.41) is 0. The topological polar surface area (TPSA) is 61.0 Å². The minimum absolute atomic E-state index is 0.334. The van der Waals surface area contributed by atoms with Crippen LogP contribution in [0, 0.1) is 13.8 Å². The van der Waals surface area contributed by atoms with Crippen LogP contribution in [0.15, 0.2) is 24.4 Å². The summed E-state index contributed by atoms with van der Waals surface area (Å²) in [6, 6.07) is 5.99. The van der Waals surface area contributed by atoms with Crippen molar-refractivity contribution in [2.45, 2.75) is 20.4 Å². The van der Waals surface area contributed by atoms with Crippen LogP contribution in [0.4, 0.5) is 0 Å². The molecule has 0 spiro atoms. The number of aryl methyl sites for hydroxylation is 2. The van der Waals surface area contributed by atoms with Gasteiger partial charge in [0.05, 0.1) is 19.3 Å². The fraction of sp³-hybridized carbons (Fsp3) is 0.286. The van der Waals surface area contributed by atoms with Crippen LogP contribution in [0.3, 0.4) is 0 Å². The van der Waals surface area contributed by atoms with Crippen molar-refractivity contribution >= 4 is 0 Å². The van der Waals surface area contributed by atoms with Gasteiger partial charge in [0.1, 0.15) is 11.6 Å². The molecule has 0 aliphatic heterocycles. The molecule has 2 rings (SSSR count). The zero-order chi connectivity index (χ0) is 13.1. The van der Waals surface area contributed by atoms with Crippen LogP contribution >= 0.6 is 0 Å². The molecular formula is C14H17N3O. The highest BCUT2D eigenvalue weighted by atomic mass is 16.5. The Morgan fingerprint density at radius 2 is 2.06 bits per heavy atom. The van der Waals surface area contributed by atoms with Gasteiger partial charge >= 0.3 is 0 Å². The van der Waals surface area contributed by atoms with Crippen molar-refractivity contribution in [2.24, 2.45) is 5.73 Å². The van der Waals surface area contributed by atoms with Crippen LogP contribution in [0.2, 0.25) is 0 Å². The minimum atomic E-state index is 0.334. The summed E-state index contributed by atoms with van der Waals surface area (Å²) in [5.41, 5.74) is 9.72. The summed E-state index contributed by atoms with van der Waals surface area (Å²) in [6.45, 7) is 4.43. The van der Waals surface area contributed by atoms with Crippen molar-refractivity contribution in [3.63, 3.8) is 0 Å². The lowest BCUT2D eigenvalue weighted by Gasteiger charge is -2.12. The van der Waals surface area contributed by atoms with E-state index in [1.165, 1.54) is 5.56 Å². The average Bonchev–Trinajstić information content (AvgIpc) is 2.37. The number of rotatable bonds is 3. The first kappa shape index (κ1) is 12.5. The van der Waals surface area contributed by atoms with Gasteiger partial charge in [0, 0.05) is 11.8 Å². The normalized spacial score (nSPS) is 10.4. The van der Waals surface area contributed by atoms with E-state index >= 15 is 0 Å². The third-order valence-corrected chi connectivity index (χ3v) is 2.81. The van der Waals surface area contributed by atoms with Crippen LogP contribution in [0.1, 0.15) is 17.0 Å². The molecule has 0 aliphatic carbocycles. The Balaban J connectivity index is 2.62. The zero-order valence-electron chi connectivity index (χ0n) is 10.9. The molecular weight excluding hydrogens is 226 g/mol. The first-order valence-corrected chi connectivity index (χ1v) is 5.83. The van der Waals surface area contributed by atoms with Crippen molar-refractivity contribution in [1.82, 2.24) is 9.97 Å². The van der Waals surface area contributed by atoms with Gasteiger partial charge in [-0.2, -0.15) is 0 Å². The van der Waals surface area contributed by atoms with E-state index < -0.39 is 0 Å². The lowest BCUT2D eigenvalue weighted by Crippen LogP contribution is -2.04. The second-order valence-electron chi connectivity index (χ2n) is 4.22. The summed E-state index contributed by atoms with van der Waals surface area (Å²) >= 11 is 0. The van der Waals surface area contributed by atoms with Crippen molar-refractivity contribution in [1.29, 1.82) is 0 Å². The molecule has 0 amide bonds. The number of hydrogen-bond donors (Lipinski definition) is 1. The molecule has 94 valence electrons. The van der Waals surface area contributed by atoms with E-state index in [-0.39, 0.29) is 0 Å². The number of aromatic nitrogens is 2. The molecule has 4 nitrogen and oxygen atoms in total. The first-order valence-electron chi connectivity index (χ1n) is 5.83. The molecule has 2 aromatic rings. The third-order valence-electron chi connectivity index (χ3n) is 2.81. The van der Waals surface area contributed by atoms with E-state index in [1.54, 1.807) is 13.3 Å². The molecule has 1 aromatic carbocycles. The van der Waals surface area contributed by atoms with Gasteiger partial charge in [-0.1, -0.05) is 6.07 Å². The maximum absolute atomic E-state index is 5.57. The first-order chi connectivity index (χ1) is 8.65. The molecule has 18 heavy (non-hydrogen) atoms. The molecule has 0 atom stereocenters. The lowest BCUT2D eigenvalue weighted by molar-refractivity contribution is 0.415. The van der Waals surface area contributed by atoms with E-state index in [9.17, 15) is 0 Å². The fourth-order valence-corrected chi connectivity index (χ4v) is 2.05. The van der Waals surface area contributed by atoms with E-state index in [1.807, 2.05) is 19.1 Å². The summed E-state index contributed by atoms with van der Waals surface area (Å²) in [4.78, 5) is 8.55. The Labute approximate surface area is 107 Å². The summed E-state index contributed by atoms with van der Waals surface area (Å²) in [7, 11) is 1.67. The van der Waals surface area contributed by atoms with Gasteiger partial charge in [0.25, 0.3) is 0 Å². The van der Waals surface area contributed by atoms with Crippen LogP contribution in [-0.2, 0) is 6.54 Å². The van der Waals surface area contributed by atoms with Crippen LogP contribution in [0.5, 0.6) is 5.75 Å². The maximum Gasteiger partial charge on any atom is 0.142 e. The number of ether oxygens (including phenoxy) is 1. The van der Waals surface area contributed by atoms with Gasteiger partial charge in [-0.3, -0.25) is 0 Å². The Morgan fingerprint density at radius 1 is 1.28 bits per heavy atom. The SMILES string of the molecule is COc1cc(C)cc(C)c1-c1ccnc(CN)n1. The highest BCUT2D eigenvalue weighted by molar-refractivity contribution is 5.71. The van der Waals surface area contributed by atoms with Gasteiger partial charge in [0.15, 0.2) is 0 Å². The highest BCUT2D eigenvalue weighted by Gasteiger charge is 2.12. The highest BCUT2D eigenvalue weighted by Crippen LogP contribution is 2.32. The smallest absolute Gasteiger partial charge is 0.142 e. The van der Waals surface area contributed by atoms with Gasteiger partial charge in [0.2, 0.25) is 0 Å².